The van der Waals surface area contributed by atoms with Crippen molar-refractivity contribution < 1.29 is 19.1 Å². The molecule has 1 atom stereocenters. The van der Waals surface area contributed by atoms with Crippen LogP contribution in [0.5, 0.6) is 5.75 Å². The largest absolute Gasteiger partial charge is 0.495 e. The quantitative estimate of drug-likeness (QED) is 0.643. The first kappa shape index (κ1) is 19.1. The highest BCUT2D eigenvalue weighted by Crippen LogP contribution is 2.40. The normalized spacial score (nSPS) is 16.3. The molecule has 0 spiro atoms. The van der Waals surface area contributed by atoms with Crippen molar-refractivity contribution in [1.29, 1.82) is 0 Å². The van der Waals surface area contributed by atoms with Crippen molar-refractivity contribution in [1.82, 2.24) is 10.2 Å². The van der Waals surface area contributed by atoms with Gasteiger partial charge in [-0.3, -0.25) is 14.8 Å². The minimum Gasteiger partial charge on any atom is -0.495 e. The summed E-state index contributed by atoms with van der Waals surface area (Å²) in [5.74, 6) is 0.923. The van der Waals surface area contributed by atoms with Gasteiger partial charge in [-0.15, -0.1) is 11.8 Å². The molecule has 4 rings (SSSR count). The molecule has 1 saturated heterocycles. The lowest BCUT2D eigenvalue weighted by atomic mass is 10.1. The van der Waals surface area contributed by atoms with Crippen molar-refractivity contribution in [2.45, 2.75) is 19.2 Å². The minimum atomic E-state index is -0.158. The second kappa shape index (κ2) is 7.67. The molecular weight excluding hydrogens is 392 g/mol. The highest BCUT2D eigenvalue weighted by atomic mass is 32.2. The summed E-state index contributed by atoms with van der Waals surface area (Å²) in [5, 5.41) is 16.8. The van der Waals surface area contributed by atoms with Gasteiger partial charge in [0.15, 0.2) is 0 Å². The zero-order valence-electron chi connectivity index (χ0n) is 16.2. The number of hydrogen-bond donors (Lipinski definition) is 1. The van der Waals surface area contributed by atoms with E-state index >= 15 is 0 Å². The molecule has 1 fully saturated rings. The van der Waals surface area contributed by atoms with E-state index in [0.717, 1.165) is 11.1 Å². The number of amides is 1. The summed E-state index contributed by atoms with van der Waals surface area (Å²) in [6.45, 7) is 3.66. The van der Waals surface area contributed by atoms with E-state index in [-0.39, 0.29) is 11.3 Å². The molecule has 2 heterocycles. The SMILES string of the molecule is COc1ccc(-c2no[n+]([O-])c2C)cc1NN1C(=O)CSC1c1ccc(C)cc1. The third-order valence-electron chi connectivity index (χ3n) is 4.77. The van der Waals surface area contributed by atoms with E-state index in [2.05, 4.69) is 15.2 Å². The summed E-state index contributed by atoms with van der Waals surface area (Å²) in [7, 11) is 1.56. The summed E-state index contributed by atoms with van der Waals surface area (Å²) in [5.41, 5.74) is 7.46. The van der Waals surface area contributed by atoms with Crippen LogP contribution in [0, 0.1) is 19.1 Å². The Bertz CT molecular complexity index is 1050. The van der Waals surface area contributed by atoms with Gasteiger partial charge in [0.1, 0.15) is 11.1 Å². The zero-order valence-corrected chi connectivity index (χ0v) is 17.0. The molecule has 8 nitrogen and oxygen atoms in total. The number of ether oxygens (including phenoxy) is 1. The topological polar surface area (TPSA) is 94.5 Å². The predicted molar refractivity (Wildman–Crippen MR) is 109 cm³/mol. The Morgan fingerprint density at radius 2 is 2.03 bits per heavy atom. The molecule has 29 heavy (non-hydrogen) atoms. The fraction of sp³-hybridized carbons (Fsp3) is 0.250. The van der Waals surface area contributed by atoms with Crippen LogP contribution in [0.1, 0.15) is 22.2 Å². The third kappa shape index (κ3) is 3.61. The Kier molecular flexibility index (Phi) is 5.06. The molecule has 0 radical (unpaired) electrons. The Hall–Kier alpha value is -3.20. The number of aromatic nitrogens is 2. The number of carbonyl (C=O) groups excluding carboxylic acids is 1. The monoisotopic (exact) mass is 412 g/mol. The maximum absolute atomic E-state index is 12.6. The average molecular weight is 412 g/mol. The van der Waals surface area contributed by atoms with Gasteiger partial charge in [-0.2, -0.15) is 0 Å². The third-order valence-corrected chi connectivity index (χ3v) is 5.98. The smallest absolute Gasteiger partial charge is 0.252 e. The Morgan fingerprint density at radius 3 is 2.69 bits per heavy atom. The molecule has 1 amide bonds. The summed E-state index contributed by atoms with van der Waals surface area (Å²) in [6.07, 6.45) is 0. The van der Waals surface area contributed by atoms with Crippen molar-refractivity contribution in [2.75, 3.05) is 18.3 Å². The van der Waals surface area contributed by atoms with E-state index in [1.54, 1.807) is 49.0 Å². The van der Waals surface area contributed by atoms with Crippen molar-refractivity contribution >= 4 is 23.4 Å². The van der Waals surface area contributed by atoms with Crippen LogP contribution in [-0.4, -0.2) is 28.9 Å². The van der Waals surface area contributed by atoms with Gasteiger partial charge in [-0.25, -0.2) is 5.01 Å². The molecular formula is C20H20N4O4S. The van der Waals surface area contributed by atoms with Crippen LogP contribution in [0.3, 0.4) is 0 Å². The van der Waals surface area contributed by atoms with E-state index in [4.69, 9.17) is 4.74 Å². The van der Waals surface area contributed by atoms with Gasteiger partial charge in [0.05, 0.1) is 18.6 Å². The number of anilines is 1. The maximum Gasteiger partial charge on any atom is 0.252 e. The first-order valence-electron chi connectivity index (χ1n) is 8.99. The van der Waals surface area contributed by atoms with E-state index in [1.165, 1.54) is 0 Å². The first-order valence-corrected chi connectivity index (χ1v) is 10.0. The number of methoxy groups -OCH3 is 1. The summed E-state index contributed by atoms with van der Waals surface area (Å²) >= 11 is 1.56. The maximum atomic E-state index is 12.6. The van der Waals surface area contributed by atoms with Crippen LogP contribution in [0.4, 0.5) is 5.69 Å². The molecule has 3 aromatic rings. The number of carbonyl (C=O) groups is 1. The summed E-state index contributed by atoms with van der Waals surface area (Å²) in [4.78, 5) is 12.9. The van der Waals surface area contributed by atoms with Crippen molar-refractivity contribution in [2.24, 2.45) is 0 Å². The number of aryl methyl sites for hydroxylation is 1. The second-order valence-corrected chi connectivity index (χ2v) is 7.80. The first-order chi connectivity index (χ1) is 14.0. The lowest BCUT2D eigenvalue weighted by Crippen LogP contribution is -2.34. The number of nitrogens with one attached hydrogen (secondary N) is 1. The highest BCUT2D eigenvalue weighted by molar-refractivity contribution is 8.00. The second-order valence-electron chi connectivity index (χ2n) is 6.73. The molecule has 1 aromatic heterocycles. The molecule has 150 valence electrons. The van der Waals surface area contributed by atoms with Crippen LogP contribution < -0.4 is 15.1 Å². The lowest BCUT2D eigenvalue weighted by molar-refractivity contribution is -0.806. The van der Waals surface area contributed by atoms with Crippen LogP contribution >= 0.6 is 11.8 Å². The molecule has 0 saturated carbocycles. The summed E-state index contributed by atoms with van der Waals surface area (Å²) in [6, 6.07) is 13.4. The molecule has 9 heteroatoms. The number of thioether (sulfide) groups is 1. The number of benzene rings is 2. The molecule has 0 bridgehead atoms. The van der Waals surface area contributed by atoms with E-state index in [0.29, 0.717) is 39.0 Å². The van der Waals surface area contributed by atoms with Gasteiger partial charge in [-0.1, -0.05) is 29.8 Å². The molecule has 1 unspecified atom stereocenters. The van der Waals surface area contributed by atoms with Crippen molar-refractivity contribution in [3.8, 4) is 17.0 Å². The van der Waals surface area contributed by atoms with Crippen molar-refractivity contribution in [3.63, 3.8) is 0 Å². The number of rotatable bonds is 5. The van der Waals surface area contributed by atoms with Gasteiger partial charge < -0.3 is 9.94 Å². The lowest BCUT2D eigenvalue weighted by Gasteiger charge is -2.26. The van der Waals surface area contributed by atoms with E-state index in [1.807, 2.05) is 31.2 Å². The highest BCUT2D eigenvalue weighted by Gasteiger charge is 2.34. The number of nitrogens with zero attached hydrogens (tertiary/aromatic N) is 3. The van der Waals surface area contributed by atoms with Gasteiger partial charge in [0, 0.05) is 17.6 Å². The molecule has 0 aliphatic carbocycles. The van der Waals surface area contributed by atoms with Crippen LogP contribution in [0.15, 0.2) is 47.1 Å². The van der Waals surface area contributed by atoms with Gasteiger partial charge in [0.25, 0.3) is 11.6 Å². The van der Waals surface area contributed by atoms with Gasteiger partial charge in [-0.05, 0) is 35.6 Å². The van der Waals surface area contributed by atoms with Crippen molar-refractivity contribution in [3.05, 3.63) is 64.5 Å². The Morgan fingerprint density at radius 1 is 1.28 bits per heavy atom. The van der Waals surface area contributed by atoms with Crippen LogP contribution in [-0.2, 0) is 4.79 Å². The van der Waals surface area contributed by atoms with Gasteiger partial charge >= 0.3 is 0 Å². The van der Waals surface area contributed by atoms with Crippen LogP contribution in [0.25, 0.3) is 11.3 Å². The average Bonchev–Trinajstić information content (AvgIpc) is 3.25. The zero-order chi connectivity index (χ0) is 20.5. The van der Waals surface area contributed by atoms with E-state index in [9.17, 15) is 10.0 Å². The minimum absolute atomic E-state index is 0.0250. The number of hydrogen-bond acceptors (Lipinski definition) is 7. The molecule has 1 aliphatic rings. The van der Waals surface area contributed by atoms with Crippen LogP contribution in [0.2, 0.25) is 0 Å². The molecule has 1 N–H and O–H groups in total. The Balaban J connectivity index is 1.68. The fourth-order valence-corrected chi connectivity index (χ4v) is 4.26. The standard InChI is InChI=1S/C20H20N4O4S/c1-12-4-6-14(7-5-12)20-23(18(25)11-29-20)21-16-10-15(8-9-17(16)27-3)19-13(2)24(26)28-22-19/h4-10,20-21H,11H2,1-3H3. The van der Waals surface area contributed by atoms with Gasteiger partial charge in [0.2, 0.25) is 5.69 Å². The van der Waals surface area contributed by atoms with E-state index < -0.39 is 0 Å². The summed E-state index contributed by atoms with van der Waals surface area (Å²) < 4.78 is 10.1. The molecule has 2 aromatic carbocycles. The predicted octanol–water partition coefficient (Wildman–Crippen LogP) is 3.20. The Labute approximate surface area is 172 Å². The fourth-order valence-electron chi connectivity index (χ4n) is 3.15. The molecule has 1 aliphatic heterocycles. The number of hydrazine groups is 1.